The van der Waals surface area contributed by atoms with Gasteiger partial charge >= 0.3 is 65.7 Å². The van der Waals surface area contributed by atoms with Gasteiger partial charge in [-0.05, 0) is 304 Å². The fourth-order valence-corrected chi connectivity index (χ4v) is 15.8. The first-order valence-corrected chi connectivity index (χ1v) is 52.0. The molecule has 16 unspecified atom stereocenters. The van der Waals surface area contributed by atoms with Crippen molar-refractivity contribution in [1.82, 2.24) is 0 Å². The van der Waals surface area contributed by atoms with Crippen molar-refractivity contribution in [3.63, 3.8) is 0 Å². The maximum absolute atomic E-state index is 12.2. The molecule has 7 saturated carbocycles. The summed E-state index contributed by atoms with van der Waals surface area (Å²) in [5, 5.41) is 8.44. The molecule has 4 bridgehead atoms. The monoisotopic (exact) mass is 1900 g/mol. The van der Waals surface area contributed by atoms with Crippen LogP contribution in [0.4, 0.5) is 0 Å². The van der Waals surface area contributed by atoms with Crippen LogP contribution >= 0.6 is 0 Å². The van der Waals surface area contributed by atoms with Gasteiger partial charge < -0.3 is 66.7 Å². The molecule has 0 aromatic heterocycles. The maximum Gasteiger partial charge on any atom is 0.347 e. The largest absolute Gasteiger partial charge is 0.481 e. The summed E-state index contributed by atoms with van der Waals surface area (Å²) in [7, 11) is 3.16. The summed E-state index contributed by atoms with van der Waals surface area (Å²) in [6.45, 7) is 63.9. The molecule has 8 aliphatic rings. The SMILES string of the molecule is CCC(C)(C)C(=O)O.CCC(C)(C)C(=O)OC1CC2CC1C1CCCC21.CCC(C)(C)C(=O)OC1CC2CC1C1CCCC21.CCC(C)(C)C(=O)OC1CCOC1=O.CCC(C)(C)C(=O)OCCOC.CCC(C)(C)C(=O)OCCOC.CCC(C)C(=O)OC1(CC)CCCCC1.CCCCOC(=O)C(C)CC.CCCCOC(=O)C(C)CC.CCCCOC(C)OC(=O)C(C)CC. The van der Waals surface area contributed by atoms with Crippen LogP contribution in [-0.4, -0.2) is 168 Å². The molecule has 0 radical (unpaired) electrons. The van der Waals surface area contributed by atoms with Gasteiger partial charge in [-0.25, -0.2) is 4.79 Å². The highest BCUT2D eigenvalue weighted by molar-refractivity contribution is 5.83. The number of fused-ring (bicyclic) bond motifs is 10. The Morgan fingerprint density at radius 1 is 0.376 bits per heavy atom. The summed E-state index contributed by atoms with van der Waals surface area (Å²) >= 11 is 0. The minimum atomic E-state index is -0.722. The lowest BCUT2D eigenvalue weighted by atomic mass is 9.80. The van der Waals surface area contributed by atoms with E-state index in [9.17, 15) is 52.7 Å². The van der Waals surface area contributed by atoms with Gasteiger partial charge in [0.15, 0.2) is 6.29 Å². The number of aliphatic carboxylic acids is 1. The molecule has 1 aliphatic heterocycles. The lowest BCUT2D eigenvalue weighted by molar-refractivity contribution is -0.179. The van der Waals surface area contributed by atoms with Crippen LogP contribution in [0.15, 0.2) is 0 Å². The zero-order valence-electron chi connectivity index (χ0n) is 90.5. The van der Waals surface area contributed by atoms with Gasteiger partial charge in [0, 0.05) is 20.6 Å². The average molecular weight is 1900 g/mol. The Labute approximate surface area is 808 Å². The number of rotatable bonds is 42. The molecule has 1 saturated heterocycles. The summed E-state index contributed by atoms with van der Waals surface area (Å²) in [6.07, 6.45) is 34.4. The molecule has 0 amide bonds. The van der Waals surface area contributed by atoms with Crippen LogP contribution in [0.2, 0.25) is 0 Å². The van der Waals surface area contributed by atoms with Gasteiger partial charge in [0.25, 0.3) is 0 Å². The number of ether oxygens (including phenoxy) is 13. The molecule has 0 aromatic rings. The summed E-state index contributed by atoms with van der Waals surface area (Å²) in [5.74, 6) is 4.97. The Morgan fingerprint density at radius 3 is 1.03 bits per heavy atom. The normalized spacial score (nSPS) is 22.6. The van der Waals surface area contributed by atoms with Crippen molar-refractivity contribution in [2.24, 2.45) is 104 Å². The fraction of sp³-hybridized carbons (Fsp3) is 0.898. The van der Waals surface area contributed by atoms with E-state index in [1.165, 1.54) is 70.6 Å². The third-order valence-corrected chi connectivity index (χ3v) is 29.5. The van der Waals surface area contributed by atoms with E-state index in [2.05, 4.69) is 41.5 Å². The first-order valence-electron chi connectivity index (χ1n) is 52.0. The van der Waals surface area contributed by atoms with E-state index in [1.54, 1.807) is 48.8 Å². The van der Waals surface area contributed by atoms with Crippen molar-refractivity contribution in [2.75, 3.05) is 67.1 Å². The first-order chi connectivity index (χ1) is 62.3. The zero-order chi connectivity index (χ0) is 102. The van der Waals surface area contributed by atoms with Crippen LogP contribution in [0.5, 0.6) is 0 Å². The Hall–Kier alpha value is -5.95. The van der Waals surface area contributed by atoms with Gasteiger partial charge in [-0.2, -0.15) is 0 Å². The molecule has 1 N–H and O–H groups in total. The molecule has 7 aliphatic carbocycles. The molecule has 16 atom stereocenters. The second-order valence-corrected chi connectivity index (χ2v) is 42.1. The number of carboxylic acids is 1. The predicted molar refractivity (Wildman–Crippen MR) is 525 cm³/mol. The Morgan fingerprint density at radius 2 is 0.714 bits per heavy atom. The molecule has 0 aromatic carbocycles. The predicted octanol–water partition coefficient (Wildman–Crippen LogP) is 24.8. The standard InChI is InChI=1S/2C16H26O2.C13H24O2.C11H22O3.C10H16O4.2C9H18O3.2C9H18O2.C6H12O2/c2*1-4-16(2,3)15(17)18-14-9-10-8-13(14)12-7-5-6-11(10)12;1-4-11(3)12(14)15-13(5-2)9-7-6-8-10-13;1-5-7-8-13-10(4)14-11(12)9(3)6-2;1-4-10(2,3)9(12)14-7-5-6-13-8(7)11;2*1-5-9(2,3)8(10)12-7-6-11-4;2*1-4-6-7-11-9(10)8(3)5-2;1-4-6(2,3)5(7)8/h2*10-14H,4-9H2,1-3H3;11H,4-10H2,1-3H3;9-10H,5-8H2,1-4H3;7H,4-6H2,1-3H3;2*5-7H2,1-4H3;2*8H,4-7H2,1-3H3;4H2,1-3H3,(H,7,8). The molecule has 25 nitrogen and oxygen atoms in total. The van der Waals surface area contributed by atoms with Gasteiger partial charge in [0.1, 0.15) is 31.0 Å². The van der Waals surface area contributed by atoms with Crippen molar-refractivity contribution in [1.29, 1.82) is 0 Å². The van der Waals surface area contributed by atoms with Gasteiger partial charge in [-0.3, -0.25) is 47.9 Å². The molecule has 8 fully saturated rings. The highest BCUT2D eigenvalue weighted by Crippen LogP contribution is 2.61. The van der Waals surface area contributed by atoms with Crippen LogP contribution in [0, 0.1) is 104 Å². The van der Waals surface area contributed by atoms with Crippen LogP contribution < -0.4 is 0 Å². The zero-order valence-corrected chi connectivity index (χ0v) is 90.5. The fourth-order valence-electron chi connectivity index (χ4n) is 15.8. The van der Waals surface area contributed by atoms with Gasteiger partial charge in [0.2, 0.25) is 6.10 Å². The maximum atomic E-state index is 12.2. The molecule has 8 rings (SSSR count). The highest BCUT2D eigenvalue weighted by Gasteiger charge is 2.57. The first kappa shape index (κ1) is 129. The van der Waals surface area contributed by atoms with Crippen LogP contribution in [0.1, 0.15) is 427 Å². The molecular formula is C108H198O25. The number of unbranched alkanes of at least 4 members (excludes halogenated alkanes) is 3. The van der Waals surface area contributed by atoms with Crippen molar-refractivity contribution in [2.45, 2.75) is 457 Å². The smallest absolute Gasteiger partial charge is 0.347 e. The van der Waals surface area contributed by atoms with Crippen LogP contribution in [-0.2, 0) is 114 Å². The Bertz CT molecular complexity index is 3130. The van der Waals surface area contributed by atoms with Crippen molar-refractivity contribution in [3.8, 4) is 0 Å². The minimum absolute atomic E-state index is 0.00116. The Balaban J connectivity index is 0. The van der Waals surface area contributed by atoms with E-state index in [-0.39, 0.29) is 117 Å². The molecule has 25 heteroatoms. The van der Waals surface area contributed by atoms with E-state index in [0.29, 0.717) is 84.0 Å². The number of methoxy groups -OCH3 is 2. The number of carbonyl (C=O) groups is 11. The third-order valence-electron chi connectivity index (χ3n) is 29.5. The Kier molecular flexibility index (Phi) is 65.4. The molecule has 0 spiro atoms. The number of cyclic esters (lactones) is 1. The van der Waals surface area contributed by atoms with Crippen molar-refractivity contribution < 1.29 is 119 Å². The second-order valence-electron chi connectivity index (χ2n) is 42.1. The van der Waals surface area contributed by atoms with Crippen LogP contribution in [0.3, 0.4) is 0 Å². The van der Waals surface area contributed by atoms with E-state index in [1.807, 2.05) is 138 Å². The highest BCUT2D eigenvalue weighted by atomic mass is 16.7. The number of esters is 10. The van der Waals surface area contributed by atoms with E-state index in [4.69, 9.17) is 66.7 Å². The number of hydrogen-bond acceptors (Lipinski definition) is 24. The summed E-state index contributed by atoms with van der Waals surface area (Å²) in [6, 6.07) is 0. The van der Waals surface area contributed by atoms with E-state index >= 15 is 0 Å². The van der Waals surface area contributed by atoms with Gasteiger partial charge in [0.05, 0.1) is 95.8 Å². The van der Waals surface area contributed by atoms with E-state index in [0.717, 1.165) is 158 Å². The van der Waals surface area contributed by atoms with E-state index < -0.39 is 35.2 Å². The van der Waals surface area contributed by atoms with Gasteiger partial charge in [-0.1, -0.05) is 163 Å². The number of carboxylic acid groups (broad SMARTS) is 1. The number of hydrogen-bond donors (Lipinski definition) is 1. The van der Waals surface area contributed by atoms with Crippen molar-refractivity contribution in [3.05, 3.63) is 0 Å². The topological polar surface area (TPSA) is 328 Å². The molecule has 780 valence electrons. The molecule has 1 heterocycles. The summed E-state index contributed by atoms with van der Waals surface area (Å²) in [4.78, 5) is 125. The average Bonchev–Trinajstić information content (AvgIpc) is 1.60. The quantitative estimate of drug-likeness (QED) is 0.0257. The summed E-state index contributed by atoms with van der Waals surface area (Å²) in [5.41, 5.74) is -2.54. The number of carbonyl (C=O) groups excluding carboxylic acids is 10. The molecule has 133 heavy (non-hydrogen) atoms. The lowest BCUT2D eigenvalue weighted by Crippen LogP contribution is -2.38. The van der Waals surface area contributed by atoms with Crippen molar-refractivity contribution >= 4 is 65.7 Å². The van der Waals surface area contributed by atoms with Gasteiger partial charge in [-0.15, -0.1) is 0 Å². The lowest BCUT2D eigenvalue weighted by Gasteiger charge is -2.36. The van der Waals surface area contributed by atoms with Crippen LogP contribution in [0.25, 0.3) is 0 Å². The summed E-state index contributed by atoms with van der Waals surface area (Å²) < 4.78 is 67.1. The minimum Gasteiger partial charge on any atom is -0.481 e. The second kappa shape index (κ2) is 67.4. The third kappa shape index (κ3) is 48.0. The molecular weight excluding hydrogens is 1700 g/mol.